The van der Waals surface area contributed by atoms with Gasteiger partial charge in [0.1, 0.15) is 18.3 Å². The number of aliphatic hydroxyl groups is 3. The molecule has 112 valence electrons. The van der Waals surface area contributed by atoms with Gasteiger partial charge in [-0.2, -0.15) is 0 Å². The van der Waals surface area contributed by atoms with Gasteiger partial charge in [0.05, 0.1) is 6.10 Å². The number of carbonyl (C=O) groups is 1. The van der Waals surface area contributed by atoms with Crippen molar-refractivity contribution in [1.29, 1.82) is 0 Å². The van der Waals surface area contributed by atoms with E-state index in [0.717, 1.165) is 12.8 Å². The third kappa shape index (κ3) is 4.70. The summed E-state index contributed by atoms with van der Waals surface area (Å²) in [5, 5.41) is 31.3. The van der Waals surface area contributed by atoms with Gasteiger partial charge < -0.3 is 31.1 Å². The minimum Gasteiger partial charge on any atom is -0.388 e. The van der Waals surface area contributed by atoms with Gasteiger partial charge in [0.15, 0.2) is 6.23 Å². The van der Waals surface area contributed by atoms with Gasteiger partial charge in [-0.25, -0.2) is 0 Å². The van der Waals surface area contributed by atoms with E-state index in [0.29, 0.717) is 19.4 Å². The van der Waals surface area contributed by atoms with E-state index in [1.165, 1.54) is 0 Å². The van der Waals surface area contributed by atoms with Gasteiger partial charge in [-0.1, -0.05) is 6.42 Å². The van der Waals surface area contributed by atoms with E-state index < -0.39 is 30.6 Å². The van der Waals surface area contributed by atoms with Crippen LogP contribution in [0.5, 0.6) is 0 Å². The largest absolute Gasteiger partial charge is 0.388 e. The predicted octanol–water partition coefficient (Wildman–Crippen LogP) is -1.55. The van der Waals surface area contributed by atoms with Crippen molar-refractivity contribution in [3.8, 4) is 0 Å². The average Bonchev–Trinajstić information content (AvgIpc) is 2.38. The molecule has 5 unspecified atom stereocenters. The van der Waals surface area contributed by atoms with E-state index >= 15 is 0 Å². The van der Waals surface area contributed by atoms with Gasteiger partial charge in [0.25, 0.3) is 0 Å². The van der Waals surface area contributed by atoms with Crippen LogP contribution in [-0.4, -0.2) is 58.4 Å². The normalized spacial score (nSPS) is 35.1. The first-order chi connectivity index (χ1) is 8.97. The Morgan fingerprint density at radius 1 is 1.16 bits per heavy atom. The molecule has 0 aromatic carbocycles. The van der Waals surface area contributed by atoms with E-state index in [1.807, 2.05) is 0 Å². The van der Waals surface area contributed by atoms with Crippen LogP contribution in [0.15, 0.2) is 0 Å². The Morgan fingerprint density at radius 2 is 1.84 bits per heavy atom. The molecular weight excluding hydrogens is 252 g/mol. The van der Waals surface area contributed by atoms with Crippen LogP contribution in [0, 0.1) is 0 Å². The van der Waals surface area contributed by atoms with Crippen LogP contribution in [-0.2, 0) is 9.53 Å². The van der Waals surface area contributed by atoms with E-state index in [-0.39, 0.29) is 5.91 Å². The summed E-state index contributed by atoms with van der Waals surface area (Å²) >= 11 is 0. The number of rotatable bonds is 6. The number of nitrogens with one attached hydrogen (secondary N) is 1. The zero-order valence-electron chi connectivity index (χ0n) is 11.2. The topological polar surface area (TPSA) is 125 Å². The predicted molar refractivity (Wildman–Crippen MR) is 68.0 cm³/mol. The van der Waals surface area contributed by atoms with E-state index in [2.05, 4.69) is 5.32 Å². The molecule has 1 saturated heterocycles. The molecule has 1 rings (SSSR count). The highest BCUT2D eigenvalue weighted by atomic mass is 16.5. The number of hydrogen-bond donors (Lipinski definition) is 5. The second-order valence-electron chi connectivity index (χ2n) is 4.90. The maximum Gasteiger partial charge on any atom is 0.222 e. The monoisotopic (exact) mass is 276 g/mol. The molecule has 1 heterocycles. The highest BCUT2D eigenvalue weighted by Gasteiger charge is 2.42. The Hall–Kier alpha value is -0.730. The van der Waals surface area contributed by atoms with Crippen LogP contribution < -0.4 is 11.1 Å². The summed E-state index contributed by atoms with van der Waals surface area (Å²) in [6.45, 7) is 2.17. The summed E-state index contributed by atoms with van der Waals surface area (Å²) in [5.74, 6) is -0.253. The minimum atomic E-state index is -1.33. The number of carbonyl (C=O) groups excluding carboxylic acids is 1. The zero-order chi connectivity index (χ0) is 14.4. The van der Waals surface area contributed by atoms with Crippen LogP contribution in [0.3, 0.4) is 0 Å². The first kappa shape index (κ1) is 16.3. The van der Waals surface area contributed by atoms with Crippen molar-refractivity contribution >= 4 is 5.91 Å². The second kappa shape index (κ2) is 7.76. The lowest BCUT2D eigenvalue weighted by Crippen LogP contribution is -2.61. The van der Waals surface area contributed by atoms with Gasteiger partial charge in [0.2, 0.25) is 5.91 Å². The number of nitrogens with two attached hydrogens (primary N) is 1. The summed E-state index contributed by atoms with van der Waals surface area (Å²) in [5.41, 5.74) is 5.35. The molecule has 19 heavy (non-hydrogen) atoms. The summed E-state index contributed by atoms with van der Waals surface area (Å²) < 4.78 is 5.27. The Labute approximate surface area is 112 Å². The lowest BCUT2D eigenvalue weighted by atomic mass is 9.99. The van der Waals surface area contributed by atoms with Crippen LogP contribution in [0.1, 0.15) is 32.6 Å². The molecule has 7 nitrogen and oxygen atoms in total. The molecule has 1 aliphatic heterocycles. The molecule has 0 spiro atoms. The molecule has 0 aromatic heterocycles. The number of amides is 1. The number of aliphatic hydroxyl groups excluding tert-OH is 3. The fraction of sp³-hybridized carbons (Fsp3) is 0.917. The summed E-state index contributed by atoms with van der Waals surface area (Å²) in [7, 11) is 0. The Bertz CT molecular complexity index is 289. The summed E-state index contributed by atoms with van der Waals surface area (Å²) in [4.78, 5) is 11.6. The highest BCUT2D eigenvalue weighted by molar-refractivity contribution is 5.76. The second-order valence-corrected chi connectivity index (χ2v) is 4.90. The van der Waals surface area contributed by atoms with Crippen molar-refractivity contribution in [3.63, 3.8) is 0 Å². The number of hydrogen-bond acceptors (Lipinski definition) is 6. The zero-order valence-corrected chi connectivity index (χ0v) is 11.2. The van der Waals surface area contributed by atoms with Crippen molar-refractivity contribution in [2.45, 2.75) is 63.3 Å². The van der Waals surface area contributed by atoms with Gasteiger partial charge in [0, 0.05) is 6.42 Å². The number of ether oxygens (including phenoxy) is 1. The lowest BCUT2D eigenvalue weighted by molar-refractivity contribution is -0.224. The number of unbranched alkanes of at least 4 members (excludes halogenated alkanes) is 2. The van der Waals surface area contributed by atoms with Gasteiger partial charge in [-0.3, -0.25) is 4.79 Å². The molecule has 1 fully saturated rings. The van der Waals surface area contributed by atoms with E-state index in [9.17, 15) is 20.1 Å². The van der Waals surface area contributed by atoms with Crippen molar-refractivity contribution in [2.75, 3.05) is 6.54 Å². The SMILES string of the molecule is CC1OC(NC(=O)CCCCCN)C(O)C(O)C1O. The van der Waals surface area contributed by atoms with Crippen LogP contribution in [0.25, 0.3) is 0 Å². The third-order valence-corrected chi connectivity index (χ3v) is 3.26. The maximum atomic E-state index is 11.6. The van der Waals surface area contributed by atoms with Gasteiger partial charge >= 0.3 is 0 Å². The lowest BCUT2D eigenvalue weighted by Gasteiger charge is -2.39. The average molecular weight is 276 g/mol. The third-order valence-electron chi connectivity index (χ3n) is 3.26. The fourth-order valence-electron chi connectivity index (χ4n) is 2.01. The van der Waals surface area contributed by atoms with Crippen LogP contribution in [0.4, 0.5) is 0 Å². The standard InChI is InChI=1S/C12H24N2O5/c1-7-9(16)10(17)11(18)12(19-7)14-8(15)5-3-2-4-6-13/h7,9-12,16-18H,2-6,13H2,1H3,(H,14,15). The Balaban J connectivity index is 2.36. The van der Waals surface area contributed by atoms with Crippen molar-refractivity contribution in [3.05, 3.63) is 0 Å². The highest BCUT2D eigenvalue weighted by Crippen LogP contribution is 2.19. The smallest absolute Gasteiger partial charge is 0.222 e. The Morgan fingerprint density at radius 3 is 2.47 bits per heavy atom. The van der Waals surface area contributed by atoms with Crippen LogP contribution in [0.2, 0.25) is 0 Å². The van der Waals surface area contributed by atoms with E-state index in [4.69, 9.17) is 10.5 Å². The first-order valence-electron chi connectivity index (χ1n) is 6.66. The molecule has 0 aliphatic carbocycles. The first-order valence-corrected chi connectivity index (χ1v) is 6.66. The van der Waals surface area contributed by atoms with Gasteiger partial charge in [-0.15, -0.1) is 0 Å². The molecule has 7 heteroatoms. The van der Waals surface area contributed by atoms with Crippen molar-refractivity contribution in [2.24, 2.45) is 5.73 Å². The Kier molecular flexibility index (Phi) is 6.67. The molecule has 1 amide bonds. The minimum absolute atomic E-state index is 0.253. The van der Waals surface area contributed by atoms with Crippen molar-refractivity contribution < 1.29 is 24.9 Å². The fourth-order valence-corrected chi connectivity index (χ4v) is 2.01. The molecule has 6 N–H and O–H groups in total. The molecule has 5 atom stereocenters. The molecule has 0 aromatic rings. The molecule has 0 radical (unpaired) electrons. The van der Waals surface area contributed by atoms with Crippen molar-refractivity contribution in [1.82, 2.24) is 5.32 Å². The molecule has 1 aliphatic rings. The summed E-state index contributed by atoms with van der Waals surface area (Å²) in [6, 6.07) is 0. The van der Waals surface area contributed by atoms with E-state index in [1.54, 1.807) is 6.92 Å². The summed E-state index contributed by atoms with van der Waals surface area (Å²) in [6.07, 6.45) is -2.69. The van der Waals surface area contributed by atoms with Gasteiger partial charge in [-0.05, 0) is 26.3 Å². The molecular formula is C12H24N2O5. The maximum absolute atomic E-state index is 11.6. The molecule has 0 saturated carbocycles. The quantitative estimate of drug-likeness (QED) is 0.374. The molecule has 0 bridgehead atoms. The van der Waals surface area contributed by atoms with Crippen LogP contribution >= 0.6 is 0 Å².